The lowest BCUT2D eigenvalue weighted by Crippen LogP contribution is -2.47. The highest BCUT2D eigenvalue weighted by Crippen LogP contribution is 2.30. The van der Waals surface area contributed by atoms with Crippen LogP contribution in [0.25, 0.3) is 0 Å². The molecule has 44 heavy (non-hydrogen) atoms. The molecule has 0 fully saturated rings. The summed E-state index contributed by atoms with van der Waals surface area (Å²) in [6.07, 6.45) is -1.64. The molecule has 3 rings (SSSR count). The van der Waals surface area contributed by atoms with Gasteiger partial charge in [-0.3, -0.25) is 14.4 Å². The number of hydrogen-bond acceptors (Lipinski definition) is 7. The predicted octanol–water partition coefficient (Wildman–Crippen LogP) is 5.00. The number of hydrogen-bond donors (Lipinski definition) is 2. The monoisotopic (exact) mass is 643 g/mol. The van der Waals surface area contributed by atoms with Crippen molar-refractivity contribution >= 4 is 21.6 Å². The summed E-state index contributed by atoms with van der Waals surface area (Å²) in [4.78, 5) is 17.6. The first-order valence-electron chi connectivity index (χ1n) is 14.7. The zero-order valence-corrected chi connectivity index (χ0v) is 26.7. The van der Waals surface area contributed by atoms with Crippen LogP contribution in [0.2, 0.25) is 0 Å². The van der Waals surface area contributed by atoms with Crippen molar-refractivity contribution in [2.75, 3.05) is 44.3 Å². The molecule has 0 aromatic heterocycles. The molecule has 13 heteroatoms. The van der Waals surface area contributed by atoms with E-state index in [4.69, 9.17) is 9.47 Å². The van der Waals surface area contributed by atoms with E-state index in [1.165, 1.54) is 18.2 Å². The third-order valence-electron chi connectivity index (χ3n) is 7.58. The van der Waals surface area contributed by atoms with E-state index in [0.717, 1.165) is 36.8 Å². The van der Waals surface area contributed by atoms with Crippen LogP contribution in [0.15, 0.2) is 42.5 Å². The molecule has 2 aromatic carbocycles. The summed E-state index contributed by atoms with van der Waals surface area (Å²) in [5, 5.41) is 10.1. The predicted molar refractivity (Wildman–Crippen MR) is 163 cm³/mol. The molecule has 1 aliphatic heterocycles. The second kappa shape index (κ2) is 15.4. The van der Waals surface area contributed by atoms with E-state index >= 15 is 0 Å². The van der Waals surface area contributed by atoms with Crippen LogP contribution in [0.5, 0.6) is 5.75 Å². The fraction of sp³-hybridized carbons (Fsp3) is 0.581. The summed E-state index contributed by atoms with van der Waals surface area (Å²) in [5.74, 6) is -0.302. The van der Waals surface area contributed by atoms with Gasteiger partial charge in [0.15, 0.2) is 0 Å². The summed E-state index contributed by atoms with van der Waals surface area (Å²) in [5.41, 5.74) is 0.415. The third-order valence-corrected chi connectivity index (χ3v) is 8.19. The van der Waals surface area contributed by atoms with Gasteiger partial charge in [-0.15, -0.1) is 0 Å². The van der Waals surface area contributed by atoms with E-state index in [0.29, 0.717) is 31.9 Å². The molecule has 4 atom stereocenters. The first-order valence-corrected chi connectivity index (χ1v) is 16.6. The number of rotatable bonds is 8. The van der Waals surface area contributed by atoms with Crippen molar-refractivity contribution in [2.24, 2.45) is 5.92 Å². The van der Waals surface area contributed by atoms with Gasteiger partial charge in [-0.2, -0.15) is 13.2 Å². The topological polar surface area (TPSA) is 108 Å². The average molecular weight is 644 g/mol. The molecular weight excluding hydrogens is 599 g/mol. The molecule has 0 spiro atoms. The minimum Gasteiger partial charge on any atom is -0.490 e. The molecule has 2 N–H and O–H groups in total. The summed E-state index contributed by atoms with van der Waals surface area (Å²) < 4.78 is 77.7. The van der Waals surface area contributed by atoms with Gasteiger partial charge in [0.2, 0.25) is 10.0 Å². The highest BCUT2D eigenvalue weighted by molar-refractivity contribution is 7.92. The van der Waals surface area contributed by atoms with Crippen molar-refractivity contribution < 1.29 is 41.0 Å². The van der Waals surface area contributed by atoms with Crippen molar-refractivity contribution in [3.8, 4) is 5.75 Å². The number of likely N-dealkylation sites (N-methyl/N-ethyl adjacent to an activating group) is 1. The summed E-state index contributed by atoms with van der Waals surface area (Å²) in [7, 11) is -1.74. The Morgan fingerprint density at radius 3 is 2.43 bits per heavy atom. The molecule has 0 bridgehead atoms. The average Bonchev–Trinajstić information content (AvgIpc) is 2.93. The van der Waals surface area contributed by atoms with Crippen LogP contribution in [0.3, 0.4) is 0 Å². The number of carbonyl (C=O) groups excluding carboxylic acids is 1. The number of carbonyl (C=O) groups is 1. The molecule has 0 aliphatic carbocycles. The van der Waals surface area contributed by atoms with E-state index in [1.807, 2.05) is 25.8 Å². The number of halogens is 3. The molecule has 1 heterocycles. The van der Waals surface area contributed by atoms with Crippen LogP contribution in [0, 0.1) is 5.92 Å². The standard InChI is InChI=1S/C31H44F3N3O6S/c1-21-17-37(22(2)20-38)30(39)27-16-26(35-44(5,40)41)13-14-28(27)43-23(3)8-6-7-15-42-29(21)19-36(4)18-24-9-11-25(12-10-24)31(32,33)34/h9-14,16,21-23,29,35,38H,6-8,15,17-20H2,1-5H3/t21-,22+,23+,29-/m1/s1. The van der Waals surface area contributed by atoms with Gasteiger partial charge in [0, 0.05) is 37.8 Å². The molecular formula is C31H44F3N3O6S. The number of alkyl halides is 3. The van der Waals surface area contributed by atoms with E-state index in [9.17, 15) is 31.5 Å². The lowest BCUT2D eigenvalue weighted by atomic mass is 10.0. The molecule has 0 saturated heterocycles. The van der Waals surface area contributed by atoms with Crippen LogP contribution in [0.4, 0.5) is 18.9 Å². The van der Waals surface area contributed by atoms with Crippen LogP contribution in [-0.4, -0.2) is 87.1 Å². The highest BCUT2D eigenvalue weighted by Gasteiger charge is 2.31. The highest BCUT2D eigenvalue weighted by atomic mass is 32.2. The quantitative estimate of drug-likeness (QED) is 0.417. The first kappa shape index (κ1) is 35.6. The second-order valence-electron chi connectivity index (χ2n) is 11.8. The number of aliphatic hydroxyl groups excluding tert-OH is 1. The van der Waals surface area contributed by atoms with E-state index in [-0.39, 0.29) is 42.5 Å². The van der Waals surface area contributed by atoms with Gasteiger partial charge >= 0.3 is 6.18 Å². The number of aliphatic hydroxyl groups is 1. The summed E-state index contributed by atoms with van der Waals surface area (Å²) in [6, 6.07) is 9.08. The maximum atomic E-state index is 14.1. The number of anilines is 1. The molecule has 0 unspecified atom stereocenters. The number of nitrogens with one attached hydrogen (secondary N) is 1. The van der Waals surface area contributed by atoms with Crippen molar-refractivity contribution in [3.63, 3.8) is 0 Å². The van der Waals surface area contributed by atoms with Gasteiger partial charge in [-0.25, -0.2) is 8.42 Å². The SMILES string of the molecule is C[C@@H]1CN([C@@H](C)CO)C(=O)c2cc(NS(C)(=O)=O)ccc2O[C@@H](C)CCCCO[C@@H]1CN(C)Cc1ccc(C(F)(F)F)cc1. The van der Waals surface area contributed by atoms with Crippen LogP contribution >= 0.6 is 0 Å². The molecule has 0 radical (unpaired) electrons. The van der Waals surface area contributed by atoms with Crippen LogP contribution in [0.1, 0.15) is 61.5 Å². The Morgan fingerprint density at radius 1 is 1.14 bits per heavy atom. The van der Waals surface area contributed by atoms with Gasteiger partial charge in [0.25, 0.3) is 5.91 Å². The lowest BCUT2D eigenvalue weighted by Gasteiger charge is -2.36. The van der Waals surface area contributed by atoms with Crippen LogP contribution in [-0.2, 0) is 27.5 Å². The van der Waals surface area contributed by atoms with Crippen molar-refractivity contribution in [3.05, 3.63) is 59.2 Å². The Morgan fingerprint density at radius 2 is 1.82 bits per heavy atom. The zero-order valence-electron chi connectivity index (χ0n) is 25.9. The minimum absolute atomic E-state index is 0.173. The van der Waals surface area contributed by atoms with Crippen molar-refractivity contribution in [2.45, 2.75) is 71.0 Å². The third kappa shape index (κ3) is 10.6. The largest absolute Gasteiger partial charge is 0.490 e. The van der Waals surface area contributed by atoms with E-state index < -0.39 is 33.7 Å². The first-order chi connectivity index (χ1) is 20.6. The van der Waals surface area contributed by atoms with Gasteiger partial charge in [0.05, 0.1) is 42.2 Å². The second-order valence-corrected chi connectivity index (χ2v) is 13.5. The molecule has 0 saturated carbocycles. The number of amides is 1. The Labute approximate surface area is 258 Å². The Kier molecular flexibility index (Phi) is 12.5. The Balaban J connectivity index is 1.88. The minimum atomic E-state index is -4.40. The van der Waals surface area contributed by atoms with E-state index in [2.05, 4.69) is 4.72 Å². The number of ether oxygens (including phenoxy) is 2. The van der Waals surface area contributed by atoms with Gasteiger partial charge in [0.1, 0.15) is 5.75 Å². The van der Waals surface area contributed by atoms with Crippen molar-refractivity contribution in [1.82, 2.24) is 9.80 Å². The van der Waals surface area contributed by atoms with Gasteiger partial charge in [-0.05, 0) is 76.1 Å². The van der Waals surface area contributed by atoms with Gasteiger partial charge < -0.3 is 19.5 Å². The van der Waals surface area contributed by atoms with Crippen molar-refractivity contribution in [1.29, 1.82) is 0 Å². The van der Waals surface area contributed by atoms with E-state index in [1.54, 1.807) is 24.0 Å². The summed E-state index contributed by atoms with van der Waals surface area (Å²) in [6.45, 7) is 6.84. The van der Waals surface area contributed by atoms with Crippen LogP contribution < -0.4 is 9.46 Å². The normalized spacial score (nSPS) is 21.7. The smallest absolute Gasteiger partial charge is 0.416 e. The zero-order chi connectivity index (χ0) is 32.7. The maximum absolute atomic E-state index is 14.1. The number of benzene rings is 2. The fourth-order valence-corrected chi connectivity index (χ4v) is 5.70. The fourth-order valence-electron chi connectivity index (χ4n) is 5.15. The summed E-state index contributed by atoms with van der Waals surface area (Å²) >= 11 is 0. The Hall–Kier alpha value is -2.87. The lowest BCUT2D eigenvalue weighted by molar-refractivity contribution is -0.137. The number of sulfonamides is 1. The Bertz CT molecular complexity index is 1340. The molecule has 2 aromatic rings. The maximum Gasteiger partial charge on any atom is 0.416 e. The number of nitrogens with zero attached hydrogens (tertiary/aromatic N) is 2. The number of fused-ring (bicyclic) bond motifs is 1. The molecule has 246 valence electrons. The molecule has 1 amide bonds. The molecule has 1 aliphatic rings. The molecule has 9 nitrogen and oxygen atoms in total. The van der Waals surface area contributed by atoms with Gasteiger partial charge in [-0.1, -0.05) is 19.1 Å².